The van der Waals surface area contributed by atoms with Gasteiger partial charge in [0.25, 0.3) is 0 Å². The number of fused-ring (bicyclic) bond motifs is 1. The van der Waals surface area contributed by atoms with Gasteiger partial charge in [-0.25, -0.2) is 10.9 Å². The Morgan fingerprint density at radius 1 is 1.17 bits per heavy atom. The Bertz CT molecular complexity index is 959. The average Bonchev–Trinajstić information content (AvgIpc) is 3.10. The minimum Gasteiger partial charge on any atom is -0.457 e. The smallest absolute Gasteiger partial charge is 0.239 e. The number of nitriles is 1. The summed E-state index contributed by atoms with van der Waals surface area (Å²) < 4.78 is 6.07. The van der Waals surface area contributed by atoms with Crippen molar-refractivity contribution in [1.82, 2.24) is 21.1 Å². The van der Waals surface area contributed by atoms with Crippen molar-refractivity contribution in [2.24, 2.45) is 5.92 Å². The molecule has 0 bridgehead atoms. The average molecular weight is 389 g/mol. The van der Waals surface area contributed by atoms with Crippen LogP contribution in [0, 0.1) is 17.4 Å². The summed E-state index contributed by atoms with van der Waals surface area (Å²) in [6.45, 7) is 1.37. The summed E-state index contributed by atoms with van der Waals surface area (Å²) in [4.78, 5) is 14.6. The Morgan fingerprint density at radius 2 is 1.97 bits per heavy atom. The molecule has 3 aliphatic rings. The van der Waals surface area contributed by atoms with Crippen LogP contribution in [0.3, 0.4) is 0 Å². The van der Waals surface area contributed by atoms with Gasteiger partial charge in [0.05, 0.1) is 18.1 Å². The van der Waals surface area contributed by atoms with E-state index in [2.05, 4.69) is 22.4 Å². The van der Waals surface area contributed by atoms with Crippen molar-refractivity contribution in [2.45, 2.75) is 30.5 Å². The van der Waals surface area contributed by atoms with Crippen molar-refractivity contribution in [3.63, 3.8) is 0 Å². The highest BCUT2D eigenvalue weighted by atomic mass is 16.5. The molecule has 5 rings (SSSR count). The Morgan fingerprint density at radius 3 is 2.76 bits per heavy atom. The lowest BCUT2D eigenvalue weighted by atomic mass is 10.0. The maximum absolute atomic E-state index is 12.8. The van der Waals surface area contributed by atoms with Gasteiger partial charge in [-0.3, -0.25) is 4.79 Å². The first-order valence-corrected chi connectivity index (χ1v) is 9.96. The first kappa shape index (κ1) is 18.0. The molecule has 3 N–H and O–H groups in total. The standard InChI is InChI=1S/C22H23N5O2/c23-14-27-12-15-11-22(15,13-27)24-21(28)19-10-18(25-26-19)17-8-4-5-9-20(17)29-16-6-2-1-3-7-16/h1-9,15,18-19,25-26H,10-13H2,(H,24,28)/t15-,18?,19?,22-/m1/s1. The van der Waals surface area contributed by atoms with Gasteiger partial charge in [-0.1, -0.05) is 36.4 Å². The van der Waals surface area contributed by atoms with Gasteiger partial charge in [-0.05, 0) is 31.0 Å². The lowest BCUT2D eigenvalue weighted by Crippen LogP contribution is -2.50. The van der Waals surface area contributed by atoms with E-state index >= 15 is 0 Å². The summed E-state index contributed by atoms with van der Waals surface area (Å²) in [6, 6.07) is 17.2. The molecular weight excluding hydrogens is 366 g/mol. The third-order valence-corrected chi connectivity index (χ3v) is 6.14. The fourth-order valence-electron chi connectivity index (χ4n) is 4.50. The quantitative estimate of drug-likeness (QED) is 0.679. The van der Waals surface area contributed by atoms with Gasteiger partial charge in [0.15, 0.2) is 6.19 Å². The third-order valence-electron chi connectivity index (χ3n) is 6.14. The van der Waals surface area contributed by atoms with Crippen LogP contribution in [0.4, 0.5) is 0 Å². The van der Waals surface area contributed by atoms with E-state index in [1.54, 1.807) is 4.90 Å². The van der Waals surface area contributed by atoms with Gasteiger partial charge < -0.3 is 15.0 Å². The molecule has 29 heavy (non-hydrogen) atoms. The molecule has 1 saturated carbocycles. The number of hydrogen-bond acceptors (Lipinski definition) is 6. The van der Waals surface area contributed by atoms with Crippen molar-refractivity contribution < 1.29 is 9.53 Å². The highest BCUT2D eigenvalue weighted by molar-refractivity contribution is 5.83. The highest BCUT2D eigenvalue weighted by Gasteiger charge is 2.61. The van der Waals surface area contributed by atoms with Crippen molar-refractivity contribution in [1.29, 1.82) is 5.26 Å². The molecule has 0 spiro atoms. The van der Waals surface area contributed by atoms with E-state index in [0.717, 1.165) is 30.0 Å². The number of nitrogens with one attached hydrogen (secondary N) is 3. The van der Waals surface area contributed by atoms with E-state index in [0.29, 0.717) is 18.9 Å². The Balaban J connectivity index is 1.25. The molecule has 1 amide bonds. The van der Waals surface area contributed by atoms with Crippen LogP contribution in [0.15, 0.2) is 54.6 Å². The summed E-state index contributed by atoms with van der Waals surface area (Å²) in [7, 11) is 0. The molecule has 2 saturated heterocycles. The van der Waals surface area contributed by atoms with Crippen LogP contribution in [0.5, 0.6) is 11.5 Å². The fraction of sp³-hybridized carbons (Fsp3) is 0.364. The zero-order chi connectivity index (χ0) is 19.8. The van der Waals surface area contributed by atoms with Gasteiger partial charge in [-0.2, -0.15) is 5.26 Å². The van der Waals surface area contributed by atoms with Crippen LogP contribution >= 0.6 is 0 Å². The second-order valence-corrected chi connectivity index (χ2v) is 8.11. The van der Waals surface area contributed by atoms with Crippen molar-refractivity contribution in [2.75, 3.05) is 13.1 Å². The number of hydrazine groups is 1. The highest BCUT2D eigenvalue weighted by Crippen LogP contribution is 2.49. The summed E-state index contributed by atoms with van der Waals surface area (Å²) in [5, 5.41) is 12.3. The SMILES string of the molecule is N#CN1C[C@H]2C[C@@]2(NC(=O)C2CC(c3ccccc3Oc3ccccc3)NN2)C1. The molecule has 0 aromatic heterocycles. The fourth-order valence-corrected chi connectivity index (χ4v) is 4.50. The van der Waals surface area contributed by atoms with Crippen LogP contribution in [0.1, 0.15) is 24.4 Å². The van der Waals surface area contributed by atoms with E-state index in [-0.39, 0.29) is 23.5 Å². The number of rotatable bonds is 5. The molecule has 2 aromatic carbocycles. The van der Waals surface area contributed by atoms with Crippen molar-refractivity contribution in [3.8, 4) is 17.7 Å². The second kappa shape index (κ2) is 7.07. The lowest BCUT2D eigenvalue weighted by Gasteiger charge is -2.19. The van der Waals surface area contributed by atoms with Crippen molar-refractivity contribution in [3.05, 3.63) is 60.2 Å². The van der Waals surface area contributed by atoms with Gasteiger partial charge in [0.1, 0.15) is 17.5 Å². The zero-order valence-corrected chi connectivity index (χ0v) is 16.0. The number of hydrogen-bond donors (Lipinski definition) is 3. The molecule has 2 aliphatic heterocycles. The summed E-state index contributed by atoms with van der Waals surface area (Å²) in [5.41, 5.74) is 7.19. The number of benzene rings is 2. The molecule has 1 aliphatic carbocycles. The van der Waals surface area contributed by atoms with Crippen LogP contribution in [0.25, 0.3) is 0 Å². The van der Waals surface area contributed by atoms with E-state index in [1.807, 2.05) is 54.6 Å². The predicted molar refractivity (Wildman–Crippen MR) is 107 cm³/mol. The minimum atomic E-state index is -0.323. The summed E-state index contributed by atoms with van der Waals surface area (Å²) in [6.07, 6.45) is 3.78. The predicted octanol–water partition coefficient (Wildman–Crippen LogP) is 2.06. The normalized spacial score (nSPS) is 29.8. The molecule has 7 heteroatoms. The van der Waals surface area contributed by atoms with E-state index < -0.39 is 0 Å². The van der Waals surface area contributed by atoms with E-state index in [4.69, 9.17) is 10.00 Å². The van der Waals surface area contributed by atoms with Gasteiger partial charge >= 0.3 is 0 Å². The van der Waals surface area contributed by atoms with Gasteiger partial charge in [0, 0.05) is 18.0 Å². The molecule has 4 atom stereocenters. The maximum atomic E-state index is 12.8. The number of carbonyl (C=O) groups is 1. The van der Waals surface area contributed by atoms with Crippen LogP contribution in [0.2, 0.25) is 0 Å². The van der Waals surface area contributed by atoms with Gasteiger partial charge in [-0.15, -0.1) is 0 Å². The van der Waals surface area contributed by atoms with Crippen LogP contribution in [-0.4, -0.2) is 35.5 Å². The van der Waals surface area contributed by atoms with Crippen LogP contribution < -0.4 is 20.9 Å². The van der Waals surface area contributed by atoms with Crippen LogP contribution in [-0.2, 0) is 4.79 Å². The largest absolute Gasteiger partial charge is 0.457 e. The molecule has 148 valence electrons. The number of piperidine rings is 1. The third kappa shape index (κ3) is 3.41. The number of likely N-dealkylation sites (tertiary alicyclic amines) is 1. The Labute approximate surface area is 169 Å². The Kier molecular flexibility index (Phi) is 4.38. The van der Waals surface area contributed by atoms with E-state index in [1.165, 1.54) is 0 Å². The second-order valence-electron chi connectivity index (χ2n) is 8.11. The topological polar surface area (TPSA) is 89.4 Å². The number of nitrogens with zero attached hydrogens (tertiary/aromatic N) is 2. The first-order valence-electron chi connectivity index (χ1n) is 9.96. The monoisotopic (exact) mass is 389 g/mol. The lowest BCUT2D eigenvalue weighted by molar-refractivity contribution is -0.123. The number of amides is 1. The molecule has 0 radical (unpaired) electrons. The molecule has 2 heterocycles. The molecule has 2 aromatic rings. The van der Waals surface area contributed by atoms with E-state index in [9.17, 15) is 4.79 Å². The number of carbonyl (C=O) groups excluding carboxylic acids is 1. The number of para-hydroxylation sites is 2. The number of ether oxygens (including phenoxy) is 1. The van der Waals surface area contributed by atoms with Crippen molar-refractivity contribution >= 4 is 5.91 Å². The molecule has 2 unspecified atom stereocenters. The first-order chi connectivity index (χ1) is 14.2. The van der Waals surface area contributed by atoms with Gasteiger partial charge in [0.2, 0.25) is 5.91 Å². The molecule has 3 fully saturated rings. The Hall–Kier alpha value is -3.08. The molecular formula is C22H23N5O2. The maximum Gasteiger partial charge on any atom is 0.239 e. The summed E-state index contributed by atoms with van der Waals surface area (Å²) in [5.74, 6) is 1.95. The molecule has 7 nitrogen and oxygen atoms in total. The minimum absolute atomic E-state index is 0.0104. The zero-order valence-electron chi connectivity index (χ0n) is 16.0. The summed E-state index contributed by atoms with van der Waals surface area (Å²) >= 11 is 0.